The number of nitro groups is 1. The largest absolute Gasteiger partial charge is 0.271 e. The fraction of sp³-hybridized carbons (Fsp3) is 0.0909. The molecule has 3 rings (SSSR count). The number of carbonyl (C=O) groups is 1. The maximum Gasteiger partial charge on any atom is 0.270 e. The molecule has 1 amide bonds. The van der Waals surface area contributed by atoms with E-state index in [-0.39, 0.29) is 10.6 Å². The minimum absolute atomic E-state index is 0.0504. The van der Waals surface area contributed by atoms with Gasteiger partial charge in [-0.1, -0.05) is 42.5 Å². The number of hydrazone groups is 1. The first-order valence-corrected chi connectivity index (χ1v) is 10.9. The van der Waals surface area contributed by atoms with E-state index in [2.05, 4.69) is 10.5 Å². The van der Waals surface area contributed by atoms with Crippen molar-refractivity contribution in [3.8, 4) is 0 Å². The number of amides is 1. The lowest BCUT2D eigenvalue weighted by atomic mass is 10.2. The minimum Gasteiger partial charge on any atom is -0.271 e. The Labute approximate surface area is 185 Å². The van der Waals surface area contributed by atoms with Gasteiger partial charge in [-0.3, -0.25) is 19.2 Å². The third-order valence-electron chi connectivity index (χ3n) is 4.39. The summed E-state index contributed by atoms with van der Waals surface area (Å²) in [6.07, 6.45) is 1.24. The van der Waals surface area contributed by atoms with E-state index in [9.17, 15) is 23.3 Å². The Morgan fingerprint density at radius 2 is 1.78 bits per heavy atom. The highest BCUT2D eigenvalue weighted by Crippen LogP contribution is 2.24. The number of carbonyl (C=O) groups excluding carboxylic acids is 1. The number of nitro benzene ring substituents is 1. The van der Waals surface area contributed by atoms with Gasteiger partial charge in [-0.2, -0.15) is 5.10 Å². The van der Waals surface area contributed by atoms with Crippen LogP contribution in [0.1, 0.15) is 11.1 Å². The first kappa shape index (κ1) is 22.6. The van der Waals surface area contributed by atoms with Gasteiger partial charge in [0, 0.05) is 17.7 Å². The number of nitrogens with zero attached hydrogens (tertiary/aromatic N) is 3. The molecule has 0 aliphatic rings. The first-order valence-electron chi connectivity index (χ1n) is 9.48. The molecule has 0 aliphatic carbocycles. The topological polar surface area (TPSA) is 122 Å². The fourth-order valence-corrected chi connectivity index (χ4v) is 4.31. The molecule has 0 atom stereocenters. The molecule has 0 radical (unpaired) electrons. The second-order valence-electron chi connectivity index (χ2n) is 6.81. The van der Waals surface area contributed by atoms with E-state index in [0.29, 0.717) is 11.3 Å². The van der Waals surface area contributed by atoms with Crippen LogP contribution >= 0.6 is 0 Å². The molecule has 1 N–H and O–H groups in total. The van der Waals surface area contributed by atoms with Gasteiger partial charge in [0.1, 0.15) is 6.54 Å². The second-order valence-corrected chi connectivity index (χ2v) is 8.67. The monoisotopic (exact) mass is 452 g/mol. The second kappa shape index (κ2) is 9.84. The average Bonchev–Trinajstić information content (AvgIpc) is 2.78. The quantitative estimate of drug-likeness (QED) is 0.319. The van der Waals surface area contributed by atoms with E-state index >= 15 is 0 Å². The summed E-state index contributed by atoms with van der Waals surface area (Å²) in [4.78, 5) is 22.9. The Balaban J connectivity index is 1.81. The lowest BCUT2D eigenvalue weighted by Gasteiger charge is -2.24. The predicted molar refractivity (Wildman–Crippen MR) is 121 cm³/mol. The van der Waals surface area contributed by atoms with Crippen LogP contribution < -0.4 is 9.73 Å². The van der Waals surface area contributed by atoms with Crippen LogP contribution in [0.15, 0.2) is 88.9 Å². The summed E-state index contributed by atoms with van der Waals surface area (Å²) in [7, 11) is -4.01. The van der Waals surface area contributed by atoms with E-state index in [0.717, 1.165) is 9.87 Å². The van der Waals surface area contributed by atoms with Crippen LogP contribution in [0, 0.1) is 17.0 Å². The smallest absolute Gasteiger partial charge is 0.270 e. The number of rotatable bonds is 8. The Bertz CT molecular complexity index is 1260. The van der Waals surface area contributed by atoms with Gasteiger partial charge in [0.15, 0.2) is 0 Å². The Morgan fingerprint density at radius 1 is 1.06 bits per heavy atom. The van der Waals surface area contributed by atoms with Gasteiger partial charge in [0.2, 0.25) is 0 Å². The summed E-state index contributed by atoms with van der Waals surface area (Å²) < 4.78 is 27.4. The summed E-state index contributed by atoms with van der Waals surface area (Å²) in [5.74, 6) is -0.673. The normalized spacial score (nSPS) is 11.3. The van der Waals surface area contributed by atoms with Crippen LogP contribution in [0.2, 0.25) is 0 Å². The Morgan fingerprint density at radius 3 is 2.47 bits per heavy atom. The third-order valence-corrected chi connectivity index (χ3v) is 6.18. The molecule has 3 aromatic rings. The standard InChI is InChI=1S/C22H20N4O5S/c1-17-7-5-9-19(13-17)25(32(30,31)21-11-3-2-4-12-21)16-22(27)24-23-15-18-8-6-10-20(14-18)26(28)29/h2-15H,16H2,1H3,(H,24,27)/b23-15-. The van der Waals surface area contributed by atoms with Crippen molar-refractivity contribution in [2.75, 3.05) is 10.8 Å². The Hall–Kier alpha value is -4.05. The molecule has 164 valence electrons. The molecule has 0 heterocycles. The van der Waals surface area contributed by atoms with Crippen LogP contribution in [0.25, 0.3) is 0 Å². The molecule has 32 heavy (non-hydrogen) atoms. The predicted octanol–water partition coefficient (Wildman–Crippen LogP) is 3.25. The van der Waals surface area contributed by atoms with E-state index < -0.39 is 27.4 Å². The highest BCUT2D eigenvalue weighted by molar-refractivity contribution is 7.92. The number of nitrogens with one attached hydrogen (secondary N) is 1. The van der Waals surface area contributed by atoms with Crippen molar-refractivity contribution in [2.45, 2.75) is 11.8 Å². The van der Waals surface area contributed by atoms with Gasteiger partial charge in [0.25, 0.3) is 21.6 Å². The summed E-state index contributed by atoms with van der Waals surface area (Å²) in [6, 6.07) is 20.3. The molecule has 0 bridgehead atoms. The Kier molecular flexibility index (Phi) is 6.96. The molecule has 0 aliphatic heterocycles. The molecular weight excluding hydrogens is 432 g/mol. The number of hydrogen-bond acceptors (Lipinski definition) is 6. The minimum atomic E-state index is -4.01. The first-order chi connectivity index (χ1) is 15.3. The lowest BCUT2D eigenvalue weighted by molar-refractivity contribution is -0.384. The van der Waals surface area contributed by atoms with E-state index in [1.807, 2.05) is 13.0 Å². The lowest BCUT2D eigenvalue weighted by Crippen LogP contribution is -2.39. The van der Waals surface area contributed by atoms with Crippen molar-refractivity contribution in [3.63, 3.8) is 0 Å². The molecule has 0 saturated heterocycles. The van der Waals surface area contributed by atoms with Crippen LogP contribution in [-0.2, 0) is 14.8 Å². The summed E-state index contributed by atoms with van der Waals surface area (Å²) in [6.45, 7) is 1.31. The number of anilines is 1. The molecule has 0 saturated carbocycles. The number of aryl methyl sites for hydroxylation is 1. The van der Waals surface area contributed by atoms with Gasteiger partial charge < -0.3 is 0 Å². The van der Waals surface area contributed by atoms with Crippen molar-refractivity contribution < 1.29 is 18.1 Å². The zero-order valence-electron chi connectivity index (χ0n) is 17.1. The highest BCUT2D eigenvalue weighted by Gasteiger charge is 2.27. The zero-order chi connectivity index (χ0) is 23.1. The molecule has 0 aromatic heterocycles. The van der Waals surface area contributed by atoms with E-state index in [1.54, 1.807) is 42.5 Å². The van der Waals surface area contributed by atoms with Gasteiger partial charge in [-0.25, -0.2) is 13.8 Å². The summed E-state index contributed by atoms with van der Waals surface area (Å²) in [5.41, 5.74) is 3.74. The molecule has 9 nitrogen and oxygen atoms in total. The van der Waals surface area contributed by atoms with Gasteiger partial charge in [-0.15, -0.1) is 0 Å². The fourth-order valence-electron chi connectivity index (χ4n) is 2.88. The number of sulfonamides is 1. The van der Waals surface area contributed by atoms with Crippen molar-refractivity contribution in [3.05, 3.63) is 100 Å². The number of benzene rings is 3. The average molecular weight is 452 g/mol. The van der Waals surface area contributed by atoms with Crippen LogP contribution in [-0.4, -0.2) is 32.0 Å². The van der Waals surface area contributed by atoms with Gasteiger partial charge in [0.05, 0.1) is 21.7 Å². The van der Waals surface area contributed by atoms with Crippen LogP contribution in [0.5, 0.6) is 0 Å². The molecule has 0 unspecified atom stereocenters. The molecule has 10 heteroatoms. The summed E-state index contributed by atoms with van der Waals surface area (Å²) in [5, 5.41) is 14.6. The molecule has 0 fully saturated rings. The maximum absolute atomic E-state index is 13.2. The van der Waals surface area contributed by atoms with E-state index in [1.165, 1.54) is 36.5 Å². The SMILES string of the molecule is Cc1cccc(N(CC(=O)N/N=C\c2cccc([N+](=O)[O-])c2)S(=O)(=O)c2ccccc2)c1. The van der Waals surface area contributed by atoms with Crippen molar-refractivity contribution >= 4 is 33.5 Å². The third kappa shape index (κ3) is 5.55. The van der Waals surface area contributed by atoms with Gasteiger partial charge >= 0.3 is 0 Å². The summed E-state index contributed by atoms with van der Waals surface area (Å²) >= 11 is 0. The maximum atomic E-state index is 13.2. The highest BCUT2D eigenvalue weighted by atomic mass is 32.2. The van der Waals surface area contributed by atoms with E-state index in [4.69, 9.17) is 0 Å². The van der Waals surface area contributed by atoms with Gasteiger partial charge in [-0.05, 0) is 36.8 Å². The van der Waals surface area contributed by atoms with Crippen molar-refractivity contribution in [1.29, 1.82) is 0 Å². The number of non-ortho nitro benzene ring substituents is 1. The molecular formula is C22H20N4O5S. The van der Waals surface area contributed by atoms with Crippen molar-refractivity contribution in [2.24, 2.45) is 5.10 Å². The van der Waals surface area contributed by atoms with Crippen molar-refractivity contribution in [1.82, 2.24) is 5.43 Å². The molecule has 0 spiro atoms. The molecule has 3 aromatic carbocycles. The zero-order valence-corrected chi connectivity index (χ0v) is 17.9. The number of hydrogen-bond donors (Lipinski definition) is 1. The van der Waals surface area contributed by atoms with Crippen LogP contribution in [0.4, 0.5) is 11.4 Å². The van der Waals surface area contributed by atoms with Crippen LogP contribution in [0.3, 0.4) is 0 Å².